The van der Waals surface area contributed by atoms with Gasteiger partial charge in [0.2, 0.25) is 0 Å². The third-order valence-corrected chi connectivity index (χ3v) is 2.41. The Labute approximate surface area is 88.4 Å². The van der Waals surface area contributed by atoms with Crippen LogP contribution in [0.15, 0.2) is 18.2 Å². The predicted octanol–water partition coefficient (Wildman–Crippen LogP) is 1.63. The van der Waals surface area contributed by atoms with Gasteiger partial charge in [0, 0.05) is 6.04 Å². The van der Waals surface area contributed by atoms with Gasteiger partial charge >= 0.3 is 5.97 Å². The number of nitrogens with two attached hydrogens (primary N) is 1. The summed E-state index contributed by atoms with van der Waals surface area (Å²) in [5.41, 5.74) is 7.80. The monoisotopic (exact) mass is 206 g/mol. The van der Waals surface area contributed by atoms with E-state index < -0.39 is 0 Å². The van der Waals surface area contributed by atoms with Crippen molar-refractivity contribution in [2.45, 2.75) is 18.9 Å². The Bertz CT molecular complexity index is 386. The number of nitrogen functional groups attached to an aromatic ring is 1. The van der Waals surface area contributed by atoms with E-state index in [4.69, 9.17) is 5.73 Å². The number of rotatable bonds is 3. The number of hydrogen-bond acceptors (Lipinski definition) is 4. The van der Waals surface area contributed by atoms with E-state index in [0.717, 1.165) is 5.69 Å². The van der Waals surface area contributed by atoms with Gasteiger partial charge in [-0.15, -0.1) is 0 Å². The number of nitrogens with one attached hydrogen (secondary N) is 1. The lowest BCUT2D eigenvalue weighted by Gasteiger charge is -2.09. The van der Waals surface area contributed by atoms with Gasteiger partial charge in [0.25, 0.3) is 0 Å². The fourth-order valence-corrected chi connectivity index (χ4v) is 1.37. The Morgan fingerprint density at radius 1 is 1.53 bits per heavy atom. The standard InChI is InChI=1S/C11H14N2O2/c1-15-11(14)7-2-5-9(12)10(6-7)13-8-3-4-8/h2,5-6,8,13H,3-4,12H2,1H3. The van der Waals surface area contributed by atoms with E-state index in [0.29, 0.717) is 17.3 Å². The van der Waals surface area contributed by atoms with Gasteiger partial charge in [-0.05, 0) is 31.0 Å². The van der Waals surface area contributed by atoms with Crippen LogP contribution in [-0.2, 0) is 4.74 Å². The lowest BCUT2D eigenvalue weighted by molar-refractivity contribution is 0.0601. The summed E-state index contributed by atoms with van der Waals surface area (Å²) in [6.45, 7) is 0. The molecule has 0 saturated heterocycles. The van der Waals surface area contributed by atoms with E-state index in [1.165, 1.54) is 20.0 Å². The summed E-state index contributed by atoms with van der Waals surface area (Å²) >= 11 is 0. The number of anilines is 2. The summed E-state index contributed by atoms with van der Waals surface area (Å²) in [6.07, 6.45) is 2.34. The zero-order chi connectivity index (χ0) is 10.8. The molecule has 1 aliphatic rings. The number of benzene rings is 1. The second-order valence-electron chi connectivity index (χ2n) is 3.71. The molecule has 0 radical (unpaired) electrons. The summed E-state index contributed by atoms with van der Waals surface area (Å²) in [6, 6.07) is 5.63. The van der Waals surface area contributed by atoms with E-state index >= 15 is 0 Å². The highest BCUT2D eigenvalue weighted by atomic mass is 16.5. The zero-order valence-electron chi connectivity index (χ0n) is 8.62. The Morgan fingerprint density at radius 3 is 2.87 bits per heavy atom. The van der Waals surface area contributed by atoms with Crippen molar-refractivity contribution in [2.75, 3.05) is 18.2 Å². The van der Waals surface area contributed by atoms with E-state index in [9.17, 15) is 4.79 Å². The van der Waals surface area contributed by atoms with E-state index in [2.05, 4.69) is 10.1 Å². The summed E-state index contributed by atoms with van der Waals surface area (Å²) in [7, 11) is 1.37. The van der Waals surface area contributed by atoms with Crippen molar-refractivity contribution in [3.8, 4) is 0 Å². The van der Waals surface area contributed by atoms with Crippen molar-refractivity contribution >= 4 is 17.3 Å². The molecule has 1 saturated carbocycles. The number of ether oxygens (including phenoxy) is 1. The molecule has 0 atom stereocenters. The average molecular weight is 206 g/mol. The van der Waals surface area contributed by atoms with E-state index in [-0.39, 0.29) is 5.97 Å². The summed E-state index contributed by atoms with van der Waals surface area (Å²) in [5.74, 6) is -0.339. The second-order valence-corrected chi connectivity index (χ2v) is 3.71. The van der Waals surface area contributed by atoms with Crippen molar-refractivity contribution < 1.29 is 9.53 Å². The molecule has 0 unspecified atom stereocenters. The van der Waals surface area contributed by atoms with Crippen LogP contribution in [0.5, 0.6) is 0 Å². The first-order valence-electron chi connectivity index (χ1n) is 4.95. The first-order valence-corrected chi connectivity index (χ1v) is 4.95. The average Bonchev–Trinajstić information content (AvgIpc) is 3.04. The largest absolute Gasteiger partial charge is 0.465 e. The van der Waals surface area contributed by atoms with Crippen LogP contribution in [0.25, 0.3) is 0 Å². The van der Waals surface area contributed by atoms with Gasteiger partial charge < -0.3 is 15.8 Å². The molecule has 2 rings (SSSR count). The van der Waals surface area contributed by atoms with Crippen LogP contribution >= 0.6 is 0 Å². The van der Waals surface area contributed by atoms with Crippen LogP contribution < -0.4 is 11.1 Å². The van der Waals surface area contributed by atoms with Gasteiger partial charge in [0.1, 0.15) is 0 Å². The number of carbonyl (C=O) groups is 1. The molecule has 3 N–H and O–H groups in total. The Hall–Kier alpha value is -1.71. The molecule has 1 fully saturated rings. The maximum Gasteiger partial charge on any atom is 0.337 e. The Kier molecular flexibility index (Phi) is 2.49. The summed E-state index contributed by atoms with van der Waals surface area (Å²) in [4.78, 5) is 11.3. The number of hydrogen-bond donors (Lipinski definition) is 2. The normalized spacial score (nSPS) is 14.7. The predicted molar refractivity (Wildman–Crippen MR) is 58.8 cm³/mol. The third-order valence-electron chi connectivity index (χ3n) is 2.41. The van der Waals surface area contributed by atoms with Gasteiger partial charge in [-0.3, -0.25) is 0 Å². The molecular weight excluding hydrogens is 192 g/mol. The fraction of sp³-hybridized carbons (Fsp3) is 0.364. The second kappa shape index (κ2) is 3.81. The molecule has 0 bridgehead atoms. The molecule has 4 heteroatoms. The first-order chi connectivity index (χ1) is 7.20. The highest BCUT2D eigenvalue weighted by Gasteiger charge is 2.22. The smallest absolute Gasteiger partial charge is 0.337 e. The van der Waals surface area contributed by atoms with Gasteiger partial charge in [-0.1, -0.05) is 0 Å². The van der Waals surface area contributed by atoms with Crippen LogP contribution in [0.4, 0.5) is 11.4 Å². The zero-order valence-corrected chi connectivity index (χ0v) is 8.62. The molecule has 0 amide bonds. The lowest BCUT2D eigenvalue weighted by Crippen LogP contribution is -2.07. The highest BCUT2D eigenvalue weighted by Crippen LogP contribution is 2.28. The van der Waals surface area contributed by atoms with Crippen LogP contribution in [0.1, 0.15) is 23.2 Å². The molecule has 4 nitrogen and oxygen atoms in total. The van der Waals surface area contributed by atoms with Gasteiger partial charge in [-0.2, -0.15) is 0 Å². The minimum Gasteiger partial charge on any atom is -0.465 e. The molecule has 1 aromatic rings. The SMILES string of the molecule is COC(=O)c1ccc(N)c(NC2CC2)c1. The van der Waals surface area contributed by atoms with Crippen molar-refractivity contribution in [1.29, 1.82) is 0 Å². The molecule has 0 spiro atoms. The van der Waals surface area contributed by atoms with Crippen molar-refractivity contribution in [3.63, 3.8) is 0 Å². The van der Waals surface area contributed by atoms with Crippen LogP contribution in [0.2, 0.25) is 0 Å². The number of carbonyl (C=O) groups excluding carboxylic acids is 1. The maximum absolute atomic E-state index is 11.3. The van der Waals surface area contributed by atoms with E-state index in [1.54, 1.807) is 18.2 Å². The van der Waals surface area contributed by atoms with Crippen LogP contribution in [0.3, 0.4) is 0 Å². The number of esters is 1. The summed E-state index contributed by atoms with van der Waals surface area (Å²) < 4.78 is 4.64. The molecule has 1 aliphatic carbocycles. The first kappa shape index (κ1) is 9.83. The minimum atomic E-state index is -0.339. The van der Waals surface area contributed by atoms with Gasteiger partial charge in [0.05, 0.1) is 24.0 Å². The number of methoxy groups -OCH3 is 1. The van der Waals surface area contributed by atoms with Crippen molar-refractivity contribution in [1.82, 2.24) is 0 Å². The van der Waals surface area contributed by atoms with Crippen LogP contribution in [-0.4, -0.2) is 19.1 Å². The summed E-state index contributed by atoms with van der Waals surface area (Å²) in [5, 5.41) is 3.27. The quantitative estimate of drug-likeness (QED) is 0.582. The molecule has 1 aromatic carbocycles. The van der Waals surface area contributed by atoms with Gasteiger partial charge in [0.15, 0.2) is 0 Å². The molecule has 0 aromatic heterocycles. The van der Waals surface area contributed by atoms with E-state index in [1.807, 2.05) is 0 Å². The molecule has 80 valence electrons. The third kappa shape index (κ3) is 2.21. The van der Waals surface area contributed by atoms with Crippen molar-refractivity contribution in [3.05, 3.63) is 23.8 Å². The van der Waals surface area contributed by atoms with Gasteiger partial charge in [-0.25, -0.2) is 4.79 Å². The van der Waals surface area contributed by atoms with Crippen LogP contribution in [0, 0.1) is 0 Å². The maximum atomic E-state index is 11.3. The Morgan fingerprint density at radius 2 is 2.27 bits per heavy atom. The minimum absolute atomic E-state index is 0.339. The molecule has 15 heavy (non-hydrogen) atoms. The Balaban J connectivity index is 2.22. The molecular formula is C11H14N2O2. The lowest BCUT2D eigenvalue weighted by atomic mass is 10.1. The highest BCUT2D eigenvalue weighted by molar-refractivity contribution is 5.92. The fourth-order valence-electron chi connectivity index (χ4n) is 1.37. The molecule has 0 heterocycles. The van der Waals surface area contributed by atoms with Crippen molar-refractivity contribution in [2.24, 2.45) is 0 Å². The topological polar surface area (TPSA) is 64.3 Å². The molecule has 0 aliphatic heterocycles.